The van der Waals surface area contributed by atoms with Crippen LogP contribution in [0.25, 0.3) is 6.08 Å². The molecule has 6 nitrogen and oxygen atoms in total. The van der Waals surface area contributed by atoms with Gasteiger partial charge in [-0.3, -0.25) is 14.9 Å². The molecule has 0 bridgehead atoms. The molecule has 0 N–H and O–H groups in total. The molecule has 0 spiro atoms. The van der Waals surface area contributed by atoms with Crippen LogP contribution in [0.5, 0.6) is 5.75 Å². The van der Waals surface area contributed by atoms with E-state index in [0.717, 1.165) is 16.8 Å². The number of hydrogen-bond acceptors (Lipinski definition) is 5. The third-order valence-electron chi connectivity index (χ3n) is 6.51. The van der Waals surface area contributed by atoms with Crippen LogP contribution in [0.15, 0.2) is 78.9 Å². The van der Waals surface area contributed by atoms with Crippen LogP contribution in [-0.4, -0.2) is 35.9 Å². The third kappa shape index (κ3) is 3.56. The van der Waals surface area contributed by atoms with E-state index in [9.17, 15) is 14.9 Å². The standard InChI is InChI=1S/C26H21ClN2O4/c1-33-20-13-8-17(9-14-20)23-24(29(31)32)22-15-10-16-4-2-3-5-21(16)28(22)25(23)26(30)18-6-11-19(27)12-7-18/h2-15,22-25H,1H3/t22-,23-,24+,25-/m0/s1. The van der Waals surface area contributed by atoms with Crippen molar-refractivity contribution in [2.75, 3.05) is 12.0 Å². The van der Waals surface area contributed by atoms with Crippen molar-refractivity contribution >= 4 is 29.1 Å². The first-order chi connectivity index (χ1) is 16.0. The smallest absolute Gasteiger partial charge is 0.245 e. The van der Waals surface area contributed by atoms with E-state index in [1.165, 1.54) is 0 Å². The van der Waals surface area contributed by atoms with Gasteiger partial charge in [0.2, 0.25) is 6.04 Å². The maximum Gasteiger partial charge on any atom is 0.245 e. The maximum absolute atomic E-state index is 13.9. The minimum Gasteiger partial charge on any atom is -0.497 e. The van der Waals surface area contributed by atoms with Gasteiger partial charge >= 0.3 is 0 Å². The number of fused-ring (bicyclic) bond motifs is 3. The Kier molecular flexibility index (Phi) is 5.38. The average molecular weight is 461 g/mol. The van der Waals surface area contributed by atoms with Crippen molar-refractivity contribution in [2.45, 2.75) is 24.0 Å². The largest absolute Gasteiger partial charge is 0.497 e. The molecular formula is C26H21ClN2O4. The van der Waals surface area contributed by atoms with Gasteiger partial charge in [0.15, 0.2) is 5.78 Å². The number of nitrogens with zero attached hydrogens (tertiary/aromatic N) is 2. The number of ketones is 1. The zero-order valence-electron chi connectivity index (χ0n) is 17.8. The second-order valence-corrected chi connectivity index (χ2v) is 8.64. The summed E-state index contributed by atoms with van der Waals surface area (Å²) in [6.07, 6.45) is 3.76. The molecule has 1 saturated heterocycles. The number of nitro groups is 1. The van der Waals surface area contributed by atoms with Crippen molar-refractivity contribution in [3.05, 3.63) is 111 Å². The number of carbonyl (C=O) groups excluding carboxylic acids is 1. The van der Waals surface area contributed by atoms with Crippen LogP contribution in [0.2, 0.25) is 5.02 Å². The predicted molar refractivity (Wildman–Crippen MR) is 128 cm³/mol. The molecule has 3 aromatic rings. The average Bonchev–Trinajstić information content (AvgIpc) is 3.20. The Morgan fingerprint density at radius 3 is 2.39 bits per heavy atom. The highest BCUT2D eigenvalue weighted by Gasteiger charge is 2.58. The molecule has 5 rings (SSSR count). The van der Waals surface area contributed by atoms with E-state index in [2.05, 4.69) is 0 Å². The Balaban J connectivity index is 1.70. The second-order valence-electron chi connectivity index (χ2n) is 8.21. The zero-order chi connectivity index (χ0) is 23.1. The second kappa shape index (κ2) is 8.37. The summed E-state index contributed by atoms with van der Waals surface area (Å²) in [5.74, 6) is -0.181. The molecule has 7 heteroatoms. The van der Waals surface area contributed by atoms with E-state index < -0.39 is 24.0 Å². The lowest BCUT2D eigenvalue weighted by Gasteiger charge is -2.34. The van der Waals surface area contributed by atoms with Crippen molar-refractivity contribution in [3.63, 3.8) is 0 Å². The molecule has 0 aliphatic carbocycles. The number of carbonyl (C=O) groups is 1. The molecule has 0 saturated carbocycles. The molecule has 2 heterocycles. The van der Waals surface area contributed by atoms with Crippen molar-refractivity contribution in [3.8, 4) is 5.75 Å². The Morgan fingerprint density at radius 1 is 1.03 bits per heavy atom. The number of benzene rings is 3. The van der Waals surface area contributed by atoms with Crippen LogP contribution in [0.4, 0.5) is 5.69 Å². The molecule has 0 amide bonds. The number of anilines is 1. The number of rotatable bonds is 5. The molecule has 3 aromatic carbocycles. The fraction of sp³-hybridized carbons (Fsp3) is 0.192. The Labute approximate surface area is 196 Å². The molecule has 2 aliphatic heterocycles. The molecule has 2 aliphatic rings. The van der Waals surface area contributed by atoms with Gasteiger partial charge in [0, 0.05) is 21.2 Å². The van der Waals surface area contributed by atoms with Crippen LogP contribution >= 0.6 is 11.6 Å². The van der Waals surface area contributed by atoms with E-state index in [0.29, 0.717) is 16.3 Å². The van der Waals surface area contributed by atoms with Gasteiger partial charge in [-0.2, -0.15) is 0 Å². The van der Waals surface area contributed by atoms with Crippen LogP contribution < -0.4 is 9.64 Å². The molecule has 4 atom stereocenters. The van der Waals surface area contributed by atoms with Crippen molar-refractivity contribution in [1.29, 1.82) is 0 Å². The molecule has 166 valence electrons. The Bertz CT molecular complexity index is 1240. The third-order valence-corrected chi connectivity index (χ3v) is 6.76. The van der Waals surface area contributed by atoms with Crippen molar-refractivity contribution in [2.24, 2.45) is 0 Å². The minimum atomic E-state index is -0.996. The summed E-state index contributed by atoms with van der Waals surface area (Å²) < 4.78 is 5.27. The molecule has 0 aromatic heterocycles. The molecule has 33 heavy (non-hydrogen) atoms. The van der Waals surface area contributed by atoms with Crippen LogP contribution in [-0.2, 0) is 0 Å². The van der Waals surface area contributed by atoms with E-state index >= 15 is 0 Å². The lowest BCUT2D eigenvalue weighted by Crippen LogP contribution is -2.44. The molecule has 0 radical (unpaired) electrons. The first-order valence-electron chi connectivity index (χ1n) is 10.6. The quantitative estimate of drug-likeness (QED) is 0.295. The highest BCUT2D eigenvalue weighted by molar-refractivity contribution is 6.30. The van der Waals surface area contributed by atoms with Crippen LogP contribution in [0.3, 0.4) is 0 Å². The van der Waals surface area contributed by atoms with Crippen molar-refractivity contribution in [1.82, 2.24) is 0 Å². The van der Waals surface area contributed by atoms with Gasteiger partial charge in [-0.1, -0.05) is 54.1 Å². The molecule has 1 fully saturated rings. The van der Waals surface area contributed by atoms with Gasteiger partial charge in [0.1, 0.15) is 17.8 Å². The van der Waals surface area contributed by atoms with Crippen molar-refractivity contribution < 1.29 is 14.5 Å². The number of hydrogen-bond donors (Lipinski definition) is 0. The summed E-state index contributed by atoms with van der Waals surface area (Å²) in [5.41, 5.74) is 2.95. The fourth-order valence-electron chi connectivity index (χ4n) is 5.04. The Hall–Kier alpha value is -3.64. The summed E-state index contributed by atoms with van der Waals surface area (Å²) in [6.45, 7) is 0. The first kappa shape index (κ1) is 21.2. The van der Waals surface area contributed by atoms with Crippen LogP contribution in [0, 0.1) is 10.1 Å². The van der Waals surface area contributed by atoms with Gasteiger partial charge in [0.25, 0.3) is 0 Å². The van der Waals surface area contributed by atoms with E-state index in [1.807, 2.05) is 53.5 Å². The lowest BCUT2D eigenvalue weighted by atomic mass is 9.83. The Morgan fingerprint density at radius 2 is 1.73 bits per heavy atom. The monoisotopic (exact) mass is 460 g/mol. The number of halogens is 1. The normalized spacial score (nSPS) is 23.0. The summed E-state index contributed by atoms with van der Waals surface area (Å²) in [7, 11) is 1.57. The topological polar surface area (TPSA) is 72.7 Å². The molecular weight excluding hydrogens is 440 g/mol. The van der Waals surface area contributed by atoms with E-state index in [4.69, 9.17) is 16.3 Å². The molecule has 0 unspecified atom stereocenters. The van der Waals surface area contributed by atoms with Gasteiger partial charge in [-0.25, -0.2) is 0 Å². The van der Waals surface area contributed by atoms with Crippen LogP contribution in [0.1, 0.15) is 27.4 Å². The number of Topliss-reactive ketones (excluding diaryl/α,β-unsaturated/α-hetero) is 1. The predicted octanol–water partition coefficient (Wildman–Crippen LogP) is 5.24. The number of para-hydroxylation sites is 1. The lowest BCUT2D eigenvalue weighted by molar-refractivity contribution is -0.524. The van der Waals surface area contributed by atoms with E-state index in [-0.39, 0.29) is 10.7 Å². The number of methoxy groups -OCH3 is 1. The summed E-state index contributed by atoms with van der Waals surface area (Å²) in [6, 6.07) is 19.2. The maximum atomic E-state index is 13.9. The SMILES string of the molecule is COc1ccc([C@H]2[C@H]([N+](=O)[O-])[C@@H]3C=Cc4ccccc4N3[C@@H]2C(=O)c2ccc(Cl)cc2)cc1. The summed E-state index contributed by atoms with van der Waals surface area (Å²) >= 11 is 6.04. The fourth-order valence-corrected chi connectivity index (χ4v) is 5.17. The van der Waals surface area contributed by atoms with Gasteiger partial charge < -0.3 is 9.64 Å². The van der Waals surface area contributed by atoms with E-state index in [1.54, 1.807) is 43.5 Å². The zero-order valence-corrected chi connectivity index (χ0v) is 18.6. The first-order valence-corrected chi connectivity index (χ1v) is 11.0. The highest BCUT2D eigenvalue weighted by Crippen LogP contribution is 2.47. The van der Waals surface area contributed by atoms with Gasteiger partial charge in [-0.15, -0.1) is 0 Å². The summed E-state index contributed by atoms with van der Waals surface area (Å²) in [5, 5.41) is 12.9. The van der Waals surface area contributed by atoms with Gasteiger partial charge in [-0.05, 0) is 53.6 Å². The minimum absolute atomic E-state index is 0.174. The summed E-state index contributed by atoms with van der Waals surface area (Å²) in [4.78, 5) is 28.0. The highest BCUT2D eigenvalue weighted by atomic mass is 35.5. The number of ether oxygens (including phenoxy) is 1. The van der Waals surface area contributed by atoms with Gasteiger partial charge in [0.05, 0.1) is 13.0 Å².